The molecule has 1 aliphatic heterocycles. The van der Waals surface area contributed by atoms with Gasteiger partial charge in [-0.05, 0) is 51.6 Å². The molecule has 1 aliphatic carbocycles. The van der Waals surface area contributed by atoms with Gasteiger partial charge in [-0.2, -0.15) is 0 Å². The van der Waals surface area contributed by atoms with Gasteiger partial charge in [0.25, 0.3) is 0 Å². The summed E-state index contributed by atoms with van der Waals surface area (Å²) in [5.41, 5.74) is 0. The van der Waals surface area contributed by atoms with Gasteiger partial charge >= 0.3 is 0 Å². The summed E-state index contributed by atoms with van der Waals surface area (Å²) in [5.74, 6) is 0.833. The number of hydrogen-bond donors (Lipinski definition) is 2. The van der Waals surface area contributed by atoms with Gasteiger partial charge in [-0.3, -0.25) is 4.90 Å². The highest BCUT2D eigenvalue weighted by atomic mass is 16.3. The lowest BCUT2D eigenvalue weighted by Gasteiger charge is -2.38. The largest absolute Gasteiger partial charge is 0.396 e. The average molecular weight is 240 g/mol. The number of nitrogens with zero attached hydrogens (tertiary/aromatic N) is 1. The van der Waals surface area contributed by atoms with Crippen LogP contribution in [0.3, 0.4) is 0 Å². The molecule has 17 heavy (non-hydrogen) atoms. The molecule has 0 aromatic heterocycles. The lowest BCUT2D eigenvalue weighted by atomic mass is 9.96. The zero-order chi connectivity index (χ0) is 12.1. The minimum Gasteiger partial charge on any atom is -0.396 e. The predicted molar refractivity (Wildman–Crippen MR) is 71.1 cm³/mol. The van der Waals surface area contributed by atoms with Crippen molar-refractivity contribution in [2.24, 2.45) is 5.92 Å². The van der Waals surface area contributed by atoms with Crippen molar-refractivity contribution in [2.75, 3.05) is 26.7 Å². The van der Waals surface area contributed by atoms with Gasteiger partial charge in [0, 0.05) is 25.2 Å². The van der Waals surface area contributed by atoms with E-state index in [1.807, 2.05) is 0 Å². The molecule has 3 nitrogen and oxygen atoms in total. The third-order valence-electron chi connectivity index (χ3n) is 4.71. The van der Waals surface area contributed by atoms with Crippen LogP contribution < -0.4 is 5.32 Å². The quantitative estimate of drug-likeness (QED) is 0.766. The van der Waals surface area contributed by atoms with Gasteiger partial charge in [0.15, 0.2) is 0 Å². The Labute approximate surface area is 106 Å². The van der Waals surface area contributed by atoms with Crippen molar-refractivity contribution in [3.8, 4) is 0 Å². The maximum atomic E-state index is 9.16. The van der Waals surface area contributed by atoms with Crippen LogP contribution in [0.1, 0.15) is 44.9 Å². The Morgan fingerprint density at radius 2 is 2.06 bits per heavy atom. The fraction of sp³-hybridized carbons (Fsp3) is 1.00. The van der Waals surface area contributed by atoms with Crippen LogP contribution in [-0.4, -0.2) is 48.8 Å². The molecule has 0 aromatic carbocycles. The summed E-state index contributed by atoms with van der Waals surface area (Å²) in [6.45, 7) is 2.84. The van der Waals surface area contributed by atoms with E-state index in [1.54, 1.807) is 0 Å². The van der Waals surface area contributed by atoms with Crippen molar-refractivity contribution in [1.82, 2.24) is 10.2 Å². The Morgan fingerprint density at radius 1 is 1.18 bits per heavy atom. The van der Waals surface area contributed by atoms with E-state index >= 15 is 0 Å². The van der Waals surface area contributed by atoms with Crippen LogP contribution in [0, 0.1) is 5.92 Å². The summed E-state index contributed by atoms with van der Waals surface area (Å²) in [5, 5.41) is 12.6. The summed E-state index contributed by atoms with van der Waals surface area (Å²) < 4.78 is 0. The number of likely N-dealkylation sites (tertiary alicyclic amines) is 1. The third kappa shape index (κ3) is 3.43. The van der Waals surface area contributed by atoms with Crippen molar-refractivity contribution in [2.45, 2.75) is 57.0 Å². The number of piperidine rings is 1. The molecule has 2 N–H and O–H groups in total. The Balaban J connectivity index is 1.86. The molecule has 3 atom stereocenters. The van der Waals surface area contributed by atoms with E-state index in [0.29, 0.717) is 12.6 Å². The molecular weight excluding hydrogens is 212 g/mol. The fourth-order valence-electron chi connectivity index (χ4n) is 3.71. The number of hydrogen-bond acceptors (Lipinski definition) is 3. The van der Waals surface area contributed by atoms with Gasteiger partial charge < -0.3 is 10.4 Å². The van der Waals surface area contributed by atoms with Crippen LogP contribution in [0.2, 0.25) is 0 Å². The SMILES string of the molecule is CNC1CCCC1CN1CCCCC1CCO. The number of rotatable bonds is 5. The highest BCUT2D eigenvalue weighted by molar-refractivity contribution is 4.87. The van der Waals surface area contributed by atoms with Crippen LogP contribution in [0.4, 0.5) is 0 Å². The molecule has 2 fully saturated rings. The molecule has 0 bridgehead atoms. The maximum absolute atomic E-state index is 9.16. The van der Waals surface area contributed by atoms with Gasteiger partial charge in [-0.15, -0.1) is 0 Å². The van der Waals surface area contributed by atoms with E-state index in [1.165, 1.54) is 51.6 Å². The lowest BCUT2D eigenvalue weighted by Crippen LogP contribution is -2.45. The molecule has 3 heteroatoms. The fourth-order valence-corrected chi connectivity index (χ4v) is 3.71. The van der Waals surface area contributed by atoms with Crippen molar-refractivity contribution in [3.05, 3.63) is 0 Å². The summed E-state index contributed by atoms with van der Waals surface area (Å²) in [4.78, 5) is 2.65. The first-order valence-electron chi connectivity index (χ1n) is 7.37. The van der Waals surface area contributed by atoms with Crippen LogP contribution in [0.5, 0.6) is 0 Å². The Kier molecular flexibility index (Phi) is 5.26. The molecule has 3 unspecified atom stereocenters. The average Bonchev–Trinajstić information content (AvgIpc) is 2.79. The minimum absolute atomic E-state index is 0.349. The Bertz CT molecular complexity index is 220. The van der Waals surface area contributed by atoms with Gasteiger partial charge in [-0.1, -0.05) is 12.8 Å². The molecule has 100 valence electrons. The Morgan fingerprint density at radius 3 is 2.82 bits per heavy atom. The van der Waals surface area contributed by atoms with Crippen LogP contribution in [0.25, 0.3) is 0 Å². The molecule has 0 aromatic rings. The van der Waals surface area contributed by atoms with Crippen molar-refractivity contribution in [3.63, 3.8) is 0 Å². The molecule has 1 saturated heterocycles. The molecule has 2 rings (SSSR count). The second-order valence-corrected chi connectivity index (χ2v) is 5.74. The normalized spacial score (nSPS) is 35.3. The van der Waals surface area contributed by atoms with Gasteiger partial charge in [0.05, 0.1) is 0 Å². The number of nitrogens with one attached hydrogen (secondary N) is 1. The standard InChI is InChI=1S/C14H28N2O/c1-15-14-7-4-5-12(14)11-16-9-3-2-6-13(16)8-10-17/h12-15,17H,2-11H2,1H3. The summed E-state index contributed by atoms with van der Waals surface area (Å²) in [6.07, 6.45) is 9.07. The van der Waals surface area contributed by atoms with E-state index in [4.69, 9.17) is 5.11 Å². The monoisotopic (exact) mass is 240 g/mol. The van der Waals surface area contributed by atoms with Crippen molar-refractivity contribution >= 4 is 0 Å². The predicted octanol–water partition coefficient (Wildman–Crippen LogP) is 1.61. The van der Waals surface area contributed by atoms with E-state index in [0.717, 1.165) is 18.4 Å². The van der Waals surface area contributed by atoms with Crippen LogP contribution in [-0.2, 0) is 0 Å². The molecular formula is C14H28N2O. The first-order chi connectivity index (χ1) is 8.35. The summed E-state index contributed by atoms with van der Waals surface area (Å²) in [7, 11) is 2.10. The first-order valence-corrected chi connectivity index (χ1v) is 7.37. The van der Waals surface area contributed by atoms with Gasteiger partial charge in [0.2, 0.25) is 0 Å². The summed E-state index contributed by atoms with van der Waals surface area (Å²) in [6, 6.07) is 1.37. The zero-order valence-electron chi connectivity index (χ0n) is 11.2. The highest BCUT2D eigenvalue weighted by Gasteiger charge is 2.30. The second-order valence-electron chi connectivity index (χ2n) is 5.74. The Hall–Kier alpha value is -0.120. The van der Waals surface area contributed by atoms with E-state index in [-0.39, 0.29) is 0 Å². The highest BCUT2D eigenvalue weighted by Crippen LogP contribution is 2.29. The van der Waals surface area contributed by atoms with E-state index in [9.17, 15) is 0 Å². The van der Waals surface area contributed by atoms with Gasteiger partial charge in [-0.25, -0.2) is 0 Å². The zero-order valence-corrected chi connectivity index (χ0v) is 11.2. The maximum Gasteiger partial charge on any atom is 0.0445 e. The smallest absolute Gasteiger partial charge is 0.0445 e. The van der Waals surface area contributed by atoms with Crippen molar-refractivity contribution in [1.29, 1.82) is 0 Å². The lowest BCUT2D eigenvalue weighted by molar-refractivity contribution is 0.0975. The molecule has 0 radical (unpaired) electrons. The second kappa shape index (κ2) is 6.72. The third-order valence-corrected chi connectivity index (χ3v) is 4.71. The minimum atomic E-state index is 0.349. The van der Waals surface area contributed by atoms with E-state index in [2.05, 4.69) is 17.3 Å². The van der Waals surface area contributed by atoms with Crippen LogP contribution in [0.15, 0.2) is 0 Å². The molecule has 2 aliphatic rings. The topological polar surface area (TPSA) is 35.5 Å². The van der Waals surface area contributed by atoms with Crippen molar-refractivity contribution < 1.29 is 5.11 Å². The number of aliphatic hydroxyl groups is 1. The molecule has 0 amide bonds. The number of aliphatic hydroxyl groups excluding tert-OH is 1. The summed E-state index contributed by atoms with van der Waals surface area (Å²) >= 11 is 0. The first kappa shape index (κ1) is 13.3. The molecule has 0 spiro atoms. The molecule has 1 saturated carbocycles. The van der Waals surface area contributed by atoms with Crippen LogP contribution >= 0.6 is 0 Å². The molecule has 1 heterocycles. The van der Waals surface area contributed by atoms with Gasteiger partial charge in [0.1, 0.15) is 0 Å². The van der Waals surface area contributed by atoms with E-state index < -0.39 is 0 Å².